The zero-order chi connectivity index (χ0) is 20.6. The first-order valence-electron chi connectivity index (χ1n) is 9.68. The number of ketones is 1. The normalized spacial score (nSPS) is 17.6. The summed E-state index contributed by atoms with van der Waals surface area (Å²) < 4.78 is 11.4. The first kappa shape index (κ1) is 19.6. The fourth-order valence-corrected chi connectivity index (χ4v) is 4.10. The number of carbonyl (C=O) groups is 2. The fraction of sp³-hybridized carbons (Fsp3) is 0.429. The molecule has 1 saturated heterocycles. The second kappa shape index (κ2) is 7.63. The zero-order valence-electron chi connectivity index (χ0n) is 16.4. The Morgan fingerprint density at radius 3 is 2.83 bits per heavy atom. The number of rotatable bonds is 3. The molecule has 1 fully saturated rings. The maximum Gasteiger partial charge on any atom is 0.343 e. The van der Waals surface area contributed by atoms with Gasteiger partial charge < -0.3 is 14.4 Å². The lowest BCUT2D eigenvalue weighted by Gasteiger charge is -2.44. The first-order valence-corrected chi connectivity index (χ1v) is 10.1. The van der Waals surface area contributed by atoms with E-state index in [0.29, 0.717) is 65.9 Å². The highest BCUT2D eigenvalue weighted by Crippen LogP contribution is 2.41. The summed E-state index contributed by atoms with van der Waals surface area (Å²) in [7, 11) is 0. The molecule has 0 radical (unpaired) electrons. The van der Waals surface area contributed by atoms with Gasteiger partial charge in [0.25, 0.3) is 0 Å². The van der Waals surface area contributed by atoms with Crippen LogP contribution in [0, 0.1) is 6.92 Å². The quantitative estimate of drug-likeness (QED) is 0.708. The highest BCUT2D eigenvalue weighted by atomic mass is 35.5. The maximum atomic E-state index is 12.7. The Labute approximate surface area is 174 Å². The smallest absolute Gasteiger partial charge is 0.343 e. The number of aromatic nitrogens is 2. The van der Waals surface area contributed by atoms with Crippen molar-refractivity contribution in [2.24, 2.45) is 0 Å². The van der Waals surface area contributed by atoms with Gasteiger partial charge in [0.2, 0.25) is 0 Å². The molecule has 0 N–H and O–H groups in total. The molecule has 0 unspecified atom stereocenters. The van der Waals surface area contributed by atoms with E-state index >= 15 is 0 Å². The summed E-state index contributed by atoms with van der Waals surface area (Å²) in [4.78, 5) is 35.7. The predicted molar refractivity (Wildman–Crippen MR) is 108 cm³/mol. The van der Waals surface area contributed by atoms with E-state index in [1.165, 1.54) is 6.20 Å². The monoisotopic (exact) mass is 415 g/mol. The van der Waals surface area contributed by atoms with E-state index in [0.717, 1.165) is 0 Å². The molecule has 7 nitrogen and oxygen atoms in total. The van der Waals surface area contributed by atoms with Gasteiger partial charge in [-0.3, -0.25) is 4.79 Å². The molecule has 3 heterocycles. The number of esters is 1. The van der Waals surface area contributed by atoms with Crippen molar-refractivity contribution in [2.45, 2.75) is 38.7 Å². The molecule has 0 atom stereocenters. The second-order valence-corrected chi connectivity index (χ2v) is 7.82. The van der Waals surface area contributed by atoms with Crippen LogP contribution in [0.2, 0.25) is 5.02 Å². The van der Waals surface area contributed by atoms with Crippen molar-refractivity contribution in [3.05, 3.63) is 46.4 Å². The van der Waals surface area contributed by atoms with E-state index in [-0.39, 0.29) is 12.4 Å². The number of Topliss-reactive ketones (excluding diaryl/α,β-unsaturated/α-hetero) is 1. The van der Waals surface area contributed by atoms with Crippen LogP contribution in [0.15, 0.2) is 24.4 Å². The number of hydrogen-bond acceptors (Lipinski definition) is 7. The van der Waals surface area contributed by atoms with Crippen molar-refractivity contribution in [3.8, 4) is 5.75 Å². The first-order chi connectivity index (χ1) is 13.9. The van der Waals surface area contributed by atoms with E-state index in [4.69, 9.17) is 21.1 Å². The van der Waals surface area contributed by atoms with Crippen LogP contribution in [0.5, 0.6) is 5.75 Å². The molecule has 0 bridgehead atoms. The zero-order valence-corrected chi connectivity index (χ0v) is 17.2. The standard InChI is InChI=1S/C21H22ClN3O4/c1-3-28-20(27)16-12-23-13(2)24-19(16)25-8-6-21(7-9-25)11-17(26)15-10-14(22)4-5-18(15)29-21/h4-5,10,12H,3,6-9,11H2,1-2H3. The molecule has 0 aliphatic carbocycles. The Hall–Kier alpha value is -2.67. The van der Waals surface area contributed by atoms with Crippen molar-refractivity contribution in [2.75, 3.05) is 24.6 Å². The molecule has 2 aliphatic rings. The lowest BCUT2D eigenvalue weighted by molar-refractivity contribution is 0.0231. The van der Waals surface area contributed by atoms with Crippen LogP contribution >= 0.6 is 11.6 Å². The molecule has 1 aromatic carbocycles. The highest BCUT2D eigenvalue weighted by Gasteiger charge is 2.43. The summed E-state index contributed by atoms with van der Waals surface area (Å²) >= 11 is 6.02. The van der Waals surface area contributed by atoms with Gasteiger partial charge in [0, 0.05) is 37.2 Å². The van der Waals surface area contributed by atoms with Gasteiger partial charge in [-0.05, 0) is 32.0 Å². The minimum absolute atomic E-state index is 0.0484. The molecule has 4 rings (SSSR count). The van der Waals surface area contributed by atoms with Crippen LogP contribution in [0.1, 0.15) is 52.7 Å². The summed E-state index contributed by atoms with van der Waals surface area (Å²) in [6.45, 7) is 5.06. The Kier molecular flexibility index (Phi) is 5.17. The topological polar surface area (TPSA) is 81.6 Å². The fourth-order valence-electron chi connectivity index (χ4n) is 3.92. The number of anilines is 1. The van der Waals surface area contributed by atoms with Gasteiger partial charge in [0.05, 0.1) is 18.6 Å². The summed E-state index contributed by atoms with van der Waals surface area (Å²) in [5.74, 6) is 1.36. The summed E-state index contributed by atoms with van der Waals surface area (Å²) in [6, 6.07) is 5.16. The summed E-state index contributed by atoms with van der Waals surface area (Å²) in [5.41, 5.74) is 0.358. The third kappa shape index (κ3) is 3.79. The number of ether oxygens (including phenoxy) is 2. The van der Waals surface area contributed by atoms with Gasteiger partial charge >= 0.3 is 5.97 Å². The molecule has 8 heteroatoms. The Bertz CT molecular complexity index is 970. The van der Waals surface area contributed by atoms with Gasteiger partial charge in [-0.1, -0.05) is 11.6 Å². The van der Waals surface area contributed by atoms with Gasteiger partial charge in [-0.2, -0.15) is 0 Å². The number of fused-ring (bicyclic) bond motifs is 1. The van der Waals surface area contributed by atoms with Crippen molar-refractivity contribution in [1.29, 1.82) is 0 Å². The SMILES string of the molecule is CCOC(=O)c1cnc(C)nc1N1CCC2(CC1)CC(=O)c1cc(Cl)ccc1O2. The van der Waals surface area contributed by atoms with E-state index in [1.54, 1.807) is 32.0 Å². The molecule has 2 aliphatic heterocycles. The number of benzene rings is 1. The number of aryl methyl sites for hydroxylation is 1. The second-order valence-electron chi connectivity index (χ2n) is 7.39. The van der Waals surface area contributed by atoms with Crippen molar-refractivity contribution < 1.29 is 19.1 Å². The van der Waals surface area contributed by atoms with Crippen LogP contribution in [0.25, 0.3) is 0 Å². The molecule has 2 aromatic rings. The molecule has 29 heavy (non-hydrogen) atoms. The van der Waals surface area contributed by atoms with Gasteiger partial charge in [-0.25, -0.2) is 14.8 Å². The van der Waals surface area contributed by atoms with Crippen LogP contribution in [0.3, 0.4) is 0 Å². The molecule has 0 amide bonds. The lowest BCUT2D eigenvalue weighted by atomic mass is 9.82. The van der Waals surface area contributed by atoms with Gasteiger partial charge in [0.15, 0.2) is 5.78 Å². The lowest BCUT2D eigenvalue weighted by Crippen LogP contribution is -2.51. The van der Waals surface area contributed by atoms with Crippen LogP contribution in [-0.4, -0.2) is 47.0 Å². The molecular weight excluding hydrogens is 394 g/mol. The number of carbonyl (C=O) groups excluding carboxylic acids is 2. The van der Waals surface area contributed by atoms with E-state index < -0.39 is 11.6 Å². The highest BCUT2D eigenvalue weighted by molar-refractivity contribution is 6.31. The third-order valence-electron chi connectivity index (χ3n) is 5.41. The van der Waals surface area contributed by atoms with Gasteiger partial charge in [0.1, 0.15) is 28.6 Å². The third-order valence-corrected chi connectivity index (χ3v) is 5.64. The van der Waals surface area contributed by atoms with Gasteiger partial charge in [-0.15, -0.1) is 0 Å². The Morgan fingerprint density at radius 2 is 2.10 bits per heavy atom. The molecule has 152 valence electrons. The summed E-state index contributed by atoms with van der Waals surface area (Å²) in [5, 5.41) is 0.525. The summed E-state index contributed by atoms with van der Waals surface area (Å²) in [6.07, 6.45) is 3.13. The number of halogens is 1. The number of nitrogens with zero attached hydrogens (tertiary/aromatic N) is 3. The van der Waals surface area contributed by atoms with Crippen LogP contribution in [0.4, 0.5) is 5.82 Å². The molecule has 0 saturated carbocycles. The van der Waals surface area contributed by atoms with E-state index in [9.17, 15) is 9.59 Å². The molecular formula is C21H22ClN3O4. The minimum Gasteiger partial charge on any atom is -0.486 e. The maximum absolute atomic E-state index is 12.7. The average molecular weight is 416 g/mol. The van der Waals surface area contributed by atoms with Crippen LogP contribution < -0.4 is 9.64 Å². The molecule has 1 spiro atoms. The minimum atomic E-state index is -0.541. The van der Waals surface area contributed by atoms with Crippen molar-refractivity contribution in [1.82, 2.24) is 9.97 Å². The van der Waals surface area contributed by atoms with Crippen molar-refractivity contribution >= 4 is 29.2 Å². The number of piperidine rings is 1. The average Bonchev–Trinajstić information content (AvgIpc) is 2.69. The van der Waals surface area contributed by atoms with E-state index in [1.807, 2.05) is 4.90 Å². The molecule has 1 aromatic heterocycles. The van der Waals surface area contributed by atoms with E-state index in [2.05, 4.69) is 9.97 Å². The Balaban J connectivity index is 1.55. The number of hydrogen-bond donors (Lipinski definition) is 0. The van der Waals surface area contributed by atoms with Crippen LogP contribution in [-0.2, 0) is 4.74 Å². The Morgan fingerprint density at radius 1 is 1.34 bits per heavy atom. The largest absolute Gasteiger partial charge is 0.486 e. The predicted octanol–water partition coefficient (Wildman–Crippen LogP) is 3.62. The van der Waals surface area contributed by atoms with Crippen molar-refractivity contribution in [3.63, 3.8) is 0 Å².